The van der Waals surface area contributed by atoms with E-state index >= 15 is 0 Å². The van der Waals surface area contributed by atoms with Crippen LogP contribution in [0.5, 0.6) is 0 Å². The van der Waals surface area contributed by atoms with Gasteiger partial charge < -0.3 is 9.64 Å². The van der Waals surface area contributed by atoms with Gasteiger partial charge in [0.05, 0.1) is 24.5 Å². The molecule has 6 heteroatoms. The van der Waals surface area contributed by atoms with Gasteiger partial charge in [0, 0.05) is 24.7 Å². The minimum Gasteiger partial charge on any atom is -0.378 e. The third-order valence-electron chi connectivity index (χ3n) is 4.36. The molecule has 1 fully saturated rings. The smallest absolute Gasteiger partial charge is 0.280 e. The highest BCUT2D eigenvalue weighted by molar-refractivity contribution is 5.81. The SMILES string of the molecule is N#Cc1ccccc1-n1c(=O)c(N2CCOCC2)cc2cccnc21. The minimum absolute atomic E-state index is 0.171. The third kappa shape index (κ3) is 2.65. The van der Waals surface area contributed by atoms with Crippen molar-refractivity contribution in [2.24, 2.45) is 0 Å². The number of para-hydroxylation sites is 1. The van der Waals surface area contributed by atoms with Crippen molar-refractivity contribution in [2.75, 3.05) is 31.2 Å². The molecule has 1 aliphatic heterocycles. The maximum absolute atomic E-state index is 13.3. The van der Waals surface area contributed by atoms with Crippen LogP contribution in [0.1, 0.15) is 5.56 Å². The average Bonchev–Trinajstić information content (AvgIpc) is 2.68. The van der Waals surface area contributed by atoms with Gasteiger partial charge >= 0.3 is 0 Å². The van der Waals surface area contributed by atoms with Crippen molar-refractivity contribution < 1.29 is 4.74 Å². The molecule has 1 aliphatic rings. The van der Waals surface area contributed by atoms with Crippen LogP contribution in [0.15, 0.2) is 53.5 Å². The number of pyridine rings is 2. The fourth-order valence-corrected chi connectivity index (χ4v) is 3.15. The number of benzene rings is 1. The molecule has 0 aliphatic carbocycles. The lowest BCUT2D eigenvalue weighted by Crippen LogP contribution is -2.40. The van der Waals surface area contributed by atoms with E-state index in [0.717, 1.165) is 5.39 Å². The van der Waals surface area contributed by atoms with Gasteiger partial charge in [-0.05, 0) is 30.3 Å². The zero-order valence-corrected chi connectivity index (χ0v) is 13.6. The summed E-state index contributed by atoms with van der Waals surface area (Å²) >= 11 is 0. The molecular formula is C19H16N4O2. The summed E-state index contributed by atoms with van der Waals surface area (Å²) in [6.45, 7) is 2.53. The lowest BCUT2D eigenvalue weighted by Gasteiger charge is -2.29. The Morgan fingerprint density at radius 1 is 1.08 bits per heavy atom. The van der Waals surface area contributed by atoms with E-state index in [4.69, 9.17) is 4.74 Å². The molecule has 0 amide bonds. The number of aromatic nitrogens is 2. The number of anilines is 1. The van der Waals surface area contributed by atoms with Gasteiger partial charge in [-0.1, -0.05) is 12.1 Å². The van der Waals surface area contributed by atoms with Gasteiger partial charge in [0.1, 0.15) is 17.4 Å². The molecule has 4 rings (SSSR count). The number of hydrogen-bond donors (Lipinski definition) is 0. The summed E-state index contributed by atoms with van der Waals surface area (Å²) in [6, 6.07) is 14.9. The van der Waals surface area contributed by atoms with Crippen molar-refractivity contribution in [1.29, 1.82) is 5.26 Å². The number of ether oxygens (including phenoxy) is 1. The Morgan fingerprint density at radius 3 is 2.68 bits per heavy atom. The Kier molecular flexibility index (Phi) is 3.92. The highest BCUT2D eigenvalue weighted by Crippen LogP contribution is 2.22. The zero-order chi connectivity index (χ0) is 17.2. The Hall–Kier alpha value is -3.17. The lowest BCUT2D eigenvalue weighted by molar-refractivity contribution is 0.122. The van der Waals surface area contributed by atoms with Crippen molar-refractivity contribution in [1.82, 2.24) is 9.55 Å². The highest BCUT2D eigenvalue weighted by Gasteiger charge is 2.20. The number of nitrogens with zero attached hydrogens (tertiary/aromatic N) is 4. The molecule has 124 valence electrons. The summed E-state index contributed by atoms with van der Waals surface area (Å²) in [5, 5.41) is 10.3. The number of nitriles is 1. The second kappa shape index (κ2) is 6.38. The van der Waals surface area contributed by atoms with Crippen LogP contribution in [-0.2, 0) is 4.74 Å². The van der Waals surface area contributed by atoms with Gasteiger partial charge in [-0.2, -0.15) is 5.26 Å². The van der Waals surface area contributed by atoms with Gasteiger partial charge in [0.25, 0.3) is 5.56 Å². The van der Waals surface area contributed by atoms with E-state index < -0.39 is 0 Å². The second-order valence-electron chi connectivity index (χ2n) is 5.81. The van der Waals surface area contributed by atoms with Crippen LogP contribution < -0.4 is 10.5 Å². The Morgan fingerprint density at radius 2 is 1.88 bits per heavy atom. The first-order chi connectivity index (χ1) is 12.3. The van der Waals surface area contributed by atoms with Gasteiger partial charge in [-0.25, -0.2) is 4.98 Å². The second-order valence-corrected chi connectivity index (χ2v) is 5.81. The summed E-state index contributed by atoms with van der Waals surface area (Å²) in [4.78, 5) is 19.7. The summed E-state index contributed by atoms with van der Waals surface area (Å²) in [5.41, 5.74) is 1.98. The minimum atomic E-state index is -0.171. The third-order valence-corrected chi connectivity index (χ3v) is 4.36. The summed E-state index contributed by atoms with van der Waals surface area (Å²) in [7, 11) is 0. The Balaban J connectivity index is 2.04. The largest absolute Gasteiger partial charge is 0.378 e. The van der Waals surface area contributed by atoms with E-state index in [9.17, 15) is 10.1 Å². The number of hydrogen-bond acceptors (Lipinski definition) is 5. The lowest BCUT2D eigenvalue weighted by atomic mass is 10.1. The van der Waals surface area contributed by atoms with E-state index in [1.165, 1.54) is 0 Å². The zero-order valence-electron chi connectivity index (χ0n) is 13.6. The van der Waals surface area contributed by atoms with E-state index in [2.05, 4.69) is 11.1 Å². The normalized spacial score (nSPS) is 14.4. The van der Waals surface area contributed by atoms with Crippen molar-refractivity contribution in [3.8, 4) is 11.8 Å². The fourth-order valence-electron chi connectivity index (χ4n) is 3.15. The number of fused-ring (bicyclic) bond motifs is 1. The quantitative estimate of drug-likeness (QED) is 0.719. The standard InChI is InChI=1S/C19H16N4O2/c20-13-15-4-1-2-6-16(15)23-18-14(5-3-7-21-18)12-17(19(23)24)22-8-10-25-11-9-22/h1-7,12H,8-11H2. The van der Waals surface area contributed by atoms with E-state index in [1.807, 2.05) is 29.2 Å². The van der Waals surface area contributed by atoms with Gasteiger partial charge in [0.15, 0.2) is 0 Å². The van der Waals surface area contributed by atoms with Gasteiger partial charge in [-0.15, -0.1) is 0 Å². The molecular weight excluding hydrogens is 316 g/mol. The van der Waals surface area contributed by atoms with E-state index in [-0.39, 0.29) is 5.56 Å². The number of rotatable bonds is 2. The summed E-state index contributed by atoms with van der Waals surface area (Å²) in [6.07, 6.45) is 1.65. The monoisotopic (exact) mass is 332 g/mol. The van der Waals surface area contributed by atoms with Crippen LogP contribution >= 0.6 is 0 Å². The van der Waals surface area contributed by atoms with Crippen LogP contribution in [0.4, 0.5) is 5.69 Å². The molecule has 6 nitrogen and oxygen atoms in total. The van der Waals surface area contributed by atoms with Crippen molar-refractivity contribution in [3.63, 3.8) is 0 Å². The maximum Gasteiger partial charge on any atom is 0.280 e. The molecule has 3 aromatic rings. The molecule has 0 radical (unpaired) electrons. The predicted molar refractivity (Wildman–Crippen MR) is 95.1 cm³/mol. The molecule has 0 bridgehead atoms. The molecule has 0 N–H and O–H groups in total. The molecule has 0 unspecified atom stereocenters. The molecule has 1 saturated heterocycles. The van der Waals surface area contributed by atoms with Crippen LogP contribution in [-0.4, -0.2) is 35.9 Å². The topological polar surface area (TPSA) is 71.2 Å². The molecule has 0 atom stereocenters. The molecule has 25 heavy (non-hydrogen) atoms. The number of morpholine rings is 1. The first-order valence-electron chi connectivity index (χ1n) is 8.12. The summed E-state index contributed by atoms with van der Waals surface area (Å²) < 4.78 is 6.93. The molecule has 0 saturated carbocycles. The van der Waals surface area contributed by atoms with E-state index in [0.29, 0.717) is 48.9 Å². The average molecular weight is 332 g/mol. The molecule has 0 spiro atoms. The predicted octanol–water partition coefficient (Wildman–Crippen LogP) is 2.09. The van der Waals surface area contributed by atoms with Crippen molar-refractivity contribution >= 4 is 16.7 Å². The Labute approximate surface area is 144 Å². The summed E-state index contributed by atoms with van der Waals surface area (Å²) in [5.74, 6) is 0. The van der Waals surface area contributed by atoms with Gasteiger partial charge in [0.2, 0.25) is 0 Å². The van der Waals surface area contributed by atoms with Crippen LogP contribution in [0.3, 0.4) is 0 Å². The van der Waals surface area contributed by atoms with Crippen molar-refractivity contribution in [3.05, 3.63) is 64.6 Å². The highest BCUT2D eigenvalue weighted by atomic mass is 16.5. The fraction of sp³-hybridized carbons (Fsp3) is 0.211. The van der Waals surface area contributed by atoms with Crippen LogP contribution in [0.2, 0.25) is 0 Å². The molecule has 3 heterocycles. The van der Waals surface area contributed by atoms with Crippen LogP contribution in [0.25, 0.3) is 16.7 Å². The van der Waals surface area contributed by atoms with Gasteiger partial charge in [-0.3, -0.25) is 9.36 Å². The maximum atomic E-state index is 13.3. The van der Waals surface area contributed by atoms with E-state index in [1.54, 1.807) is 29.0 Å². The van der Waals surface area contributed by atoms with Crippen LogP contribution in [0, 0.1) is 11.3 Å². The van der Waals surface area contributed by atoms with Crippen molar-refractivity contribution in [2.45, 2.75) is 0 Å². The molecule has 2 aromatic heterocycles. The first-order valence-corrected chi connectivity index (χ1v) is 8.12. The Bertz CT molecular complexity index is 1030. The first kappa shape index (κ1) is 15.4. The molecule has 1 aromatic carbocycles.